The summed E-state index contributed by atoms with van der Waals surface area (Å²) < 4.78 is 30.1. The Balaban J connectivity index is 1.48. The first kappa shape index (κ1) is 19.8. The van der Waals surface area contributed by atoms with Crippen molar-refractivity contribution in [2.24, 2.45) is 7.05 Å². The molecule has 1 aliphatic rings. The number of aryl methyl sites for hydroxylation is 1. The van der Waals surface area contributed by atoms with Crippen molar-refractivity contribution in [1.29, 1.82) is 0 Å². The predicted molar refractivity (Wildman–Crippen MR) is 113 cm³/mol. The highest BCUT2D eigenvalue weighted by Crippen LogP contribution is 2.27. The molecule has 5 rings (SSSR count). The van der Waals surface area contributed by atoms with E-state index in [4.69, 9.17) is 0 Å². The summed E-state index contributed by atoms with van der Waals surface area (Å²) in [7, 11) is 3.34. The van der Waals surface area contributed by atoms with Gasteiger partial charge in [0.1, 0.15) is 29.2 Å². The molecular formula is C20H19F2N9O. The molecule has 0 spiro atoms. The van der Waals surface area contributed by atoms with Crippen LogP contribution in [-0.2, 0) is 7.05 Å². The van der Waals surface area contributed by atoms with Crippen LogP contribution in [0.4, 0.5) is 26.2 Å². The molecule has 10 nitrogen and oxygen atoms in total. The third-order valence-corrected chi connectivity index (χ3v) is 5.07. The molecule has 4 aromatic rings. The molecule has 1 saturated carbocycles. The Labute approximate surface area is 180 Å². The highest BCUT2D eigenvalue weighted by Gasteiger charge is 2.39. The van der Waals surface area contributed by atoms with Crippen LogP contribution in [0, 0.1) is 5.95 Å². The lowest BCUT2D eigenvalue weighted by molar-refractivity contribution is 0.0949. The number of amides is 1. The number of carbonyl (C=O) groups is 1. The predicted octanol–water partition coefficient (Wildman–Crippen LogP) is 2.29. The minimum atomic E-state index is -1.01. The van der Waals surface area contributed by atoms with Crippen LogP contribution >= 0.6 is 0 Å². The van der Waals surface area contributed by atoms with Crippen LogP contribution in [0.1, 0.15) is 16.8 Å². The number of fused-ring (bicyclic) bond motifs is 1. The van der Waals surface area contributed by atoms with Crippen molar-refractivity contribution in [3.63, 3.8) is 0 Å². The second-order valence-corrected chi connectivity index (χ2v) is 7.44. The molecule has 4 aromatic heterocycles. The smallest absolute Gasteiger partial charge is 0.257 e. The number of hydrogen-bond acceptors (Lipinski definition) is 7. The normalized spacial score (nSPS) is 17.4. The summed E-state index contributed by atoms with van der Waals surface area (Å²) in [5.41, 5.74) is 1.20. The molecule has 0 aromatic carbocycles. The van der Waals surface area contributed by atoms with E-state index >= 15 is 0 Å². The molecule has 32 heavy (non-hydrogen) atoms. The zero-order chi connectivity index (χ0) is 22.4. The van der Waals surface area contributed by atoms with Crippen molar-refractivity contribution in [1.82, 2.24) is 34.7 Å². The van der Waals surface area contributed by atoms with Crippen molar-refractivity contribution in [3.8, 4) is 11.3 Å². The Morgan fingerprint density at radius 1 is 1.25 bits per heavy atom. The number of rotatable bonds is 6. The van der Waals surface area contributed by atoms with E-state index in [0.29, 0.717) is 35.2 Å². The molecule has 0 saturated heterocycles. The average molecular weight is 439 g/mol. The molecule has 0 radical (unpaired) electrons. The third kappa shape index (κ3) is 3.59. The van der Waals surface area contributed by atoms with E-state index in [-0.39, 0.29) is 11.1 Å². The van der Waals surface area contributed by atoms with Gasteiger partial charge in [-0.05, 0) is 12.1 Å². The van der Waals surface area contributed by atoms with Gasteiger partial charge < -0.3 is 16.0 Å². The lowest BCUT2D eigenvalue weighted by atomic mass is 10.2. The highest BCUT2D eigenvalue weighted by molar-refractivity contribution is 6.00. The first-order valence-electron chi connectivity index (χ1n) is 9.88. The van der Waals surface area contributed by atoms with Crippen LogP contribution in [-0.4, -0.2) is 54.5 Å². The first-order valence-corrected chi connectivity index (χ1v) is 9.88. The zero-order valence-electron chi connectivity index (χ0n) is 17.2. The summed E-state index contributed by atoms with van der Waals surface area (Å²) in [6.45, 7) is 0. The minimum absolute atomic E-state index is 0.225. The summed E-state index contributed by atoms with van der Waals surface area (Å²) in [6, 6.07) is 6.34. The molecule has 0 unspecified atom stereocenters. The second kappa shape index (κ2) is 7.55. The number of halogens is 2. The molecule has 1 amide bonds. The lowest BCUT2D eigenvalue weighted by Crippen LogP contribution is -2.27. The maximum absolute atomic E-state index is 14.0. The standard InChI is InChI=1S/C20H19F2N9O/c1-23-17-7-16(27-15-5-3-4-13(25-15)11-9-30(2)29-18(11)22)28-19-10(8-24-31(17)19)20(32)26-14-6-12(14)21/h3-5,7-9,12,14,23H,6H2,1-2H3,(H,26,32)(H,25,27,28)/t12-,14+/m0/s1. The van der Waals surface area contributed by atoms with E-state index in [9.17, 15) is 13.6 Å². The summed E-state index contributed by atoms with van der Waals surface area (Å²) in [4.78, 5) is 21.5. The Hall–Kier alpha value is -4.09. The molecule has 3 N–H and O–H groups in total. The van der Waals surface area contributed by atoms with Crippen molar-refractivity contribution in [3.05, 3.63) is 48.2 Å². The largest absolute Gasteiger partial charge is 0.373 e. The number of aromatic nitrogens is 6. The Morgan fingerprint density at radius 2 is 2.06 bits per heavy atom. The van der Waals surface area contributed by atoms with Crippen LogP contribution in [0.15, 0.2) is 36.7 Å². The Bertz CT molecular complexity index is 1330. The highest BCUT2D eigenvalue weighted by atomic mass is 19.1. The van der Waals surface area contributed by atoms with Crippen LogP contribution in [0.3, 0.4) is 0 Å². The molecule has 12 heteroatoms. The molecule has 4 heterocycles. The van der Waals surface area contributed by atoms with Crippen LogP contribution in [0.2, 0.25) is 0 Å². The fourth-order valence-electron chi connectivity index (χ4n) is 3.34. The van der Waals surface area contributed by atoms with Gasteiger partial charge in [0, 0.05) is 32.8 Å². The van der Waals surface area contributed by atoms with Crippen molar-refractivity contribution < 1.29 is 13.6 Å². The van der Waals surface area contributed by atoms with Gasteiger partial charge in [-0.1, -0.05) is 6.07 Å². The quantitative estimate of drug-likeness (QED) is 0.422. The van der Waals surface area contributed by atoms with Gasteiger partial charge >= 0.3 is 0 Å². The van der Waals surface area contributed by atoms with E-state index in [2.05, 4.69) is 36.1 Å². The van der Waals surface area contributed by atoms with Crippen LogP contribution < -0.4 is 16.0 Å². The number of nitrogens with zero attached hydrogens (tertiary/aromatic N) is 6. The molecule has 0 bridgehead atoms. The van der Waals surface area contributed by atoms with Crippen molar-refractivity contribution in [2.75, 3.05) is 17.7 Å². The topological polar surface area (TPSA) is 114 Å². The van der Waals surface area contributed by atoms with E-state index in [0.717, 1.165) is 0 Å². The van der Waals surface area contributed by atoms with Crippen molar-refractivity contribution >= 4 is 29.0 Å². The van der Waals surface area contributed by atoms with Gasteiger partial charge in [-0.25, -0.2) is 14.4 Å². The Kier molecular flexibility index (Phi) is 4.68. The molecule has 0 aliphatic heterocycles. The summed E-state index contributed by atoms with van der Waals surface area (Å²) in [6.07, 6.45) is 2.24. The lowest BCUT2D eigenvalue weighted by Gasteiger charge is -2.10. The Morgan fingerprint density at radius 3 is 2.75 bits per heavy atom. The minimum Gasteiger partial charge on any atom is -0.373 e. The number of anilines is 3. The van der Waals surface area contributed by atoms with Gasteiger partial charge in [0.15, 0.2) is 5.65 Å². The molecule has 1 aliphatic carbocycles. The van der Waals surface area contributed by atoms with Gasteiger partial charge in [-0.15, -0.1) is 5.10 Å². The van der Waals surface area contributed by atoms with Gasteiger partial charge in [0.2, 0.25) is 5.95 Å². The molecular weight excluding hydrogens is 420 g/mol. The number of alkyl halides is 1. The molecule has 1 fully saturated rings. The summed E-state index contributed by atoms with van der Waals surface area (Å²) in [5, 5.41) is 16.6. The van der Waals surface area contributed by atoms with E-state index in [1.165, 1.54) is 15.4 Å². The number of carbonyl (C=O) groups excluding carboxylic acids is 1. The van der Waals surface area contributed by atoms with Crippen molar-refractivity contribution in [2.45, 2.75) is 18.6 Å². The van der Waals surface area contributed by atoms with Gasteiger partial charge in [-0.2, -0.15) is 14.0 Å². The van der Waals surface area contributed by atoms with Gasteiger partial charge in [-0.3, -0.25) is 9.48 Å². The van der Waals surface area contributed by atoms with E-state index in [1.54, 1.807) is 44.6 Å². The SMILES string of the molecule is CNc1cc(Nc2cccc(-c3cn(C)nc3F)n2)nc2c(C(=O)N[C@@H]3C[C@@H]3F)cnn12. The third-order valence-electron chi connectivity index (χ3n) is 5.07. The van der Waals surface area contributed by atoms with Gasteiger partial charge in [0.25, 0.3) is 5.91 Å². The number of nitrogens with one attached hydrogen (secondary N) is 3. The maximum Gasteiger partial charge on any atom is 0.257 e. The summed E-state index contributed by atoms with van der Waals surface area (Å²) in [5.74, 6) is 0.330. The molecule has 164 valence electrons. The average Bonchev–Trinajstić information content (AvgIpc) is 3.14. The monoisotopic (exact) mass is 439 g/mol. The number of pyridine rings is 1. The van der Waals surface area contributed by atoms with E-state index in [1.807, 2.05) is 0 Å². The first-order chi connectivity index (χ1) is 15.4. The van der Waals surface area contributed by atoms with Crippen LogP contribution in [0.25, 0.3) is 16.9 Å². The zero-order valence-corrected chi connectivity index (χ0v) is 17.2. The summed E-state index contributed by atoms with van der Waals surface area (Å²) >= 11 is 0. The number of hydrogen-bond donors (Lipinski definition) is 3. The second-order valence-electron chi connectivity index (χ2n) is 7.44. The van der Waals surface area contributed by atoms with Gasteiger partial charge in [0.05, 0.1) is 23.5 Å². The van der Waals surface area contributed by atoms with E-state index < -0.39 is 24.1 Å². The molecule has 2 atom stereocenters. The fraction of sp³-hybridized carbons (Fsp3) is 0.250. The van der Waals surface area contributed by atoms with Crippen LogP contribution in [0.5, 0.6) is 0 Å². The fourth-order valence-corrected chi connectivity index (χ4v) is 3.34. The maximum atomic E-state index is 14.0.